The van der Waals surface area contributed by atoms with Crippen molar-refractivity contribution in [3.63, 3.8) is 0 Å². The second-order valence-corrected chi connectivity index (χ2v) is 11.8. The van der Waals surface area contributed by atoms with Crippen LogP contribution in [0.1, 0.15) is 35.7 Å². The van der Waals surface area contributed by atoms with Gasteiger partial charge in [0.2, 0.25) is 0 Å². The number of likely N-dealkylation sites (tertiary alicyclic amines) is 1. The van der Waals surface area contributed by atoms with Gasteiger partial charge in [0.1, 0.15) is 13.7 Å². The maximum absolute atomic E-state index is 13.2. The Hall–Kier alpha value is -3.96. The number of hydrogen-bond donors (Lipinski definition) is 1. The van der Waals surface area contributed by atoms with Crippen molar-refractivity contribution in [3.8, 4) is 0 Å². The minimum atomic E-state index is -3.62. The van der Waals surface area contributed by atoms with Gasteiger partial charge >= 0.3 is 0 Å². The Balaban J connectivity index is 1.16. The van der Waals surface area contributed by atoms with Gasteiger partial charge in [-0.1, -0.05) is 24.3 Å². The predicted octanol–water partition coefficient (Wildman–Crippen LogP) is 2.41. The molecule has 1 aliphatic rings. The van der Waals surface area contributed by atoms with Gasteiger partial charge in [-0.15, -0.1) is 0 Å². The lowest BCUT2D eigenvalue weighted by Crippen LogP contribution is -2.34. The van der Waals surface area contributed by atoms with E-state index >= 15 is 0 Å². The van der Waals surface area contributed by atoms with Gasteiger partial charge in [-0.25, -0.2) is 17.4 Å². The molecule has 5 aromatic rings. The van der Waals surface area contributed by atoms with Crippen molar-refractivity contribution in [2.24, 2.45) is 0 Å². The molecule has 1 fully saturated rings. The van der Waals surface area contributed by atoms with Gasteiger partial charge in [0.25, 0.3) is 10.0 Å². The van der Waals surface area contributed by atoms with Crippen LogP contribution in [0.25, 0.3) is 5.65 Å². The third kappa shape index (κ3) is 5.19. The fraction of sp³-hybridized carbons (Fsp3) is 0.250. The molecule has 0 bridgehead atoms. The van der Waals surface area contributed by atoms with Crippen LogP contribution in [-0.2, 0) is 23.1 Å². The van der Waals surface area contributed by atoms with Crippen LogP contribution in [0.15, 0.2) is 90.3 Å². The molecule has 6 rings (SSSR count). The monoisotopic (exact) mass is 539 g/mol. The van der Waals surface area contributed by atoms with Crippen LogP contribution >= 0.6 is 0 Å². The first-order valence-corrected chi connectivity index (χ1v) is 14.6. The van der Waals surface area contributed by atoms with Crippen LogP contribution in [0.5, 0.6) is 0 Å². The van der Waals surface area contributed by atoms with E-state index in [0.717, 1.165) is 59.8 Å². The number of nitrogens with one attached hydrogen (secondary N) is 1. The summed E-state index contributed by atoms with van der Waals surface area (Å²) in [7, 11) is -1.59. The molecule has 0 spiro atoms. The first-order valence-electron chi connectivity index (χ1n) is 13.2. The first-order chi connectivity index (χ1) is 19.0. The Morgan fingerprint density at radius 1 is 1.00 bits per heavy atom. The van der Waals surface area contributed by atoms with Crippen molar-refractivity contribution in [2.45, 2.75) is 36.7 Å². The summed E-state index contributed by atoms with van der Waals surface area (Å²) in [5.74, 6) is 1.23. The van der Waals surface area contributed by atoms with Crippen LogP contribution in [0, 0.1) is 0 Å². The zero-order valence-electron chi connectivity index (χ0n) is 21.8. The first kappa shape index (κ1) is 25.3. The van der Waals surface area contributed by atoms with Crippen molar-refractivity contribution in [2.75, 3.05) is 18.4 Å². The van der Waals surface area contributed by atoms with Crippen molar-refractivity contribution in [3.05, 3.63) is 102 Å². The highest BCUT2D eigenvalue weighted by atomic mass is 32.2. The van der Waals surface area contributed by atoms with Crippen molar-refractivity contribution in [1.29, 1.82) is 0 Å². The van der Waals surface area contributed by atoms with Gasteiger partial charge in [-0.05, 0) is 67.3 Å². The lowest BCUT2D eigenvalue weighted by Gasteiger charge is -2.32. The summed E-state index contributed by atoms with van der Waals surface area (Å²) in [6, 6.07) is 18.4. The Kier molecular flexibility index (Phi) is 6.93. The van der Waals surface area contributed by atoms with E-state index in [0.29, 0.717) is 23.9 Å². The Morgan fingerprint density at radius 2 is 1.82 bits per heavy atom. The lowest BCUT2D eigenvalue weighted by atomic mass is 9.92. The van der Waals surface area contributed by atoms with Crippen LogP contribution in [0.3, 0.4) is 0 Å². The molecule has 1 N–H and O–H groups in total. The maximum atomic E-state index is 13.2. The number of rotatable bonds is 8. The molecule has 11 heteroatoms. The molecule has 0 aliphatic carbocycles. The van der Waals surface area contributed by atoms with Crippen LogP contribution in [0.4, 0.5) is 5.82 Å². The minimum absolute atomic E-state index is 0.297. The van der Waals surface area contributed by atoms with Crippen molar-refractivity contribution < 1.29 is 8.42 Å². The SMILES string of the molecule is Bc1cnn2c(NCc3cccnc3)cc(C3CCN(Cc4cccn4S(=O)(=O)c4ccccc4)CC3)nc12. The van der Waals surface area contributed by atoms with Gasteiger partial charge in [-0.2, -0.15) is 9.61 Å². The maximum Gasteiger partial charge on any atom is 0.267 e. The largest absolute Gasteiger partial charge is 0.366 e. The molecule has 5 heterocycles. The third-order valence-corrected chi connectivity index (χ3v) is 9.09. The van der Waals surface area contributed by atoms with Gasteiger partial charge in [0, 0.05) is 61.2 Å². The average molecular weight is 539 g/mol. The molecule has 9 nitrogen and oxygen atoms in total. The van der Waals surface area contributed by atoms with Gasteiger partial charge in [-0.3, -0.25) is 9.88 Å². The molecule has 198 valence electrons. The lowest BCUT2D eigenvalue weighted by molar-refractivity contribution is 0.201. The highest BCUT2D eigenvalue weighted by Gasteiger charge is 2.25. The number of hydrogen-bond acceptors (Lipinski definition) is 7. The standard InChI is InChI=1S/C28H30BN7O2S/c29-25-19-32-36-27(31-18-21-6-4-12-30-17-21)16-26(33-28(25)36)22-10-14-34(15-11-22)20-23-7-5-13-35(23)39(37,38)24-8-2-1-3-9-24/h1-9,12-13,16-17,19,22,31H,10-11,14-15,18,20,29H2. The van der Waals surface area contributed by atoms with E-state index in [1.54, 1.807) is 42.7 Å². The summed E-state index contributed by atoms with van der Waals surface area (Å²) < 4.78 is 29.7. The van der Waals surface area contributed by atoms with E-state index in [4.69, 9.17) is 4.98 Å². The number of aromatic nitrogens is 5. The van der Waals surface area contributed by atoms with Gasteiger partial charge in [0.15, 0.2) is 5.65 Å². The predicted molar refractivity (Wildman–Crippen MR) is 153 cm³/mol. The molecule has 0 amide bonds. The van der Waals surface area contributed by atoms with Gasteiger partial charge in [0.05, 0.1) is 4.90 Å². The number of anilines is 1. The smallest absolute Gasteiger partial charge is 0.267 e. The second-order valence-electron chi connectivity index (χ2n) is 10.0. The summed E-state index contributed by atoms with van der Waals surface area (Å²) in [6.45, 7) is 2.96. The molecule has 39 heavy (non-hydrogen) atoms. The molecule has 1 saturated heterocycles. The Bertz CT molecular complexity index is 1680. The van der Waals surface area contributed by atoms with E-state index in [-0.39, 0.29) is 0 Å². The summed E-state index contributed by atoms with van der Waals surface area (Å²) in [4.78, 5) is 11.8. The molecular weight excluding hydrogens is 509 g/mol. The molecule has 0 atom stereocenters. The quantitative estimate of drug-likeness (QED) is 0.303. The van der Waals surface area contributed by atoms with E-state index in [9.17, 15) is 8.42 Å². The van der Waals surface area contributed by atoms with Crippen LogP contribution < -0.4 is 10.8 Å². The zero-order chi connectivity index (χ0) is 26.8. The zero-order valence-corrected chi connectivity index (χ0v) is 22.6. The second kappa shape index (κ2) is 10.7. The number of pyridine rings is 1. The van der Waals surface area contributed by atoms with E-state index in [2.05, 4.69) is 26.4 Å². The number of nitrogens with zero attached hydrogens (tertiary/aromatic N) is 6. The van der Waals surface area contributed by atoms with E-state index in [1.165, 1.54) is 3.97 Å². The molecule has 4 aromatic heterocycles. The normalized spacial score (nSPS) is 15.1. The third-order valence-electron chi connectivity index (χ3n) is 7.35. The molecule has 0 saturated carbocycles. The molecular formula is C28H30BN7O2S. The van der Waals surface area contributed by atoms with Crippen LogP contribution in [0.2, 0.25) is 0 Å². The highest BCUT2D eigenvalue weighted by molar-refractivity contribution is 7.90. The highest BCUT2D eigenvalue weighted by Crippen LogP contribution is 2.30. The summed E-state index contributed by atoms with van der Waals surface area (Å²) in [5.41, 5.74) is 4.84. The summed E-state index contributed by atoms with van der Waals surface area (Å²) >= 11 is 0. The fourth-order valence-electron chi connectivity index (χ4n) is 5.20. The minimum Gasteiger partial charge on any atom is -0.366 e. The van der Waals surface area contributed by atoms with Crippen molar-refractivity contribution >= 4 is 34.8 Å². The number of fused-ring (bicyclic) bond motifs is 1. The molecule has 0 unspecified atom stereocenters. The molecule has 0 radical (unpaired) electrons. The summed E-state index contributed by atoms with van der Waals surface area (Å²) in [6.07, 6.45) is 9.02. The molecule has 1 aromatic carbocycles. The molecule has 1 aliphatic heterocycles. The fourth-order valence-corrected chi connectivity index (χ4v) is 6.59. The summed E-state index contributed by atoms with van der Waals surface area (Å²) in [5, 5.41) is 8.06. The Labute approximate surface area is 229 Å². The topological polar surface area (TPSA) is 97.4 Å². The average Bonchev–Trinajstić information content (AvgIpc) is 3.60. The van der Waals surface area contributed by atoms with Crippen LogP contribution in [-0.4, -0.2) is 57.8 Å². The van der Waals surface area contributed by atoms with E-state index in [1.807, 2.05) is 49.0 Å². The van der Waals surface area contributed by atoms with E-state index < -0.39 is 10.0 Å². The van der Waals surface area contributed by atoms with Gasteiger partial charge < -0.3 is 5.32 Å². The van der Waals surface area contributed by atoms with Crippen molar-refractivity contribution in [1.82, 2.24) is 28.5 Å². The Morgan fingerprint density at radius 3 is 2.59 bits per heavy atom. The number of piperidine rings is 1. The number of benzene rings is 1.